The molecule has 1 saturated carbocycles. The van der Waals surface area contributed by atoms with Gasteiger partial charge in [0.15, 0.2) is 0 Å². The summed E-state index contributed by atoms with van der Waals surface area (Å²) in [6.07, 6.45) is 4.64. The number of fused-ring (bicyclic) bond motifs is 2. The van der Waals surface area contributed by atoms with E-state index in [9.17, 15) is 5.11 Å². The highest BCUT2D eigenvalue weighted by atomic mass is 16.6. The Morgan fingerprint density at radius 1 is 1.33 bits per heavy atom. The van der Waals surface area contributed by atoms with Gasteiger partial charge in [-0.3, -0.25) is 4.90 Å². The van der Waals surface area contributed by atoms with Gasteiger partial charge in [0.2, 0.25) is 0 Å². The third-order valence-corrected chi connectivity index (χ3v) is 5.73. The van der Waals surface area contributed by atoms with Crippen LogP contribution in [0, 0.1) is 10.8 Å². The van der Waals surface area contributed by atoms with E-state index in [1.54, 1.807) is 7.11 Å². The second kappa shape index (κ2) is 3.94. The quantitative estimate of drug-likeness (QED) is 0.722. The zero-order valence-electron chi connectivity index (χ0n) is 11.6. The van der Waals surface area contributed by atoms with Crippen molar-refractivity contribution in [2.24, 2.45) is 16.0 Å². The van der Waals surface area contributed by atoms with Crippen molar-refractivity contribution in [2.75, 3.05) is 20.2 Å². The minimum absolute atomic E-state index is 0.293. The molecule has 4 nitrogen and oxygen atoms in total. The molecule has 2 aliphatic heterocycles. The Hall–Kier alpha value is -0.610. The first-order valence-electron chi connectivity index (χ1n) is 7.05. The van der Waals surface area contributed by atoms with Gasteiger partial charge in [0.25, 0.3) is 0 Å². The van der Waals surface area contributed by atoms with Crippen LogP contribution in [0.25, 0.3) is 0 Å². The van der Waals surface area contributed by atoms with Crippen molar-refractivity contribution in [3.05, 3.63) is 0 Å². The van der Waals surface area contributed by atoms with Crippen LogP contribution in [-0.2, 0) is 4.84 Å². The fourth-order valence-electron chi connectivity index (χ4n) is 4.74. The molecule has 3 fully saturated rings. The van der Waals surface area contributed by atoms with Crippen LogP contribution >= 0.6 is 0 Å². The molecule has 0 unspecified atom stereocenters. The lowest BCUT2D eigenvalue weighted by Crippen LogP contribution is -2.46. The van der Waals surface area contributed by atoms with Gasteiger partial charge < -0.3 is 9.94 Å². The highest BCUT2D eigenvalue weighted by molar-refractivity contribution is 5.96. The first kappa shape index (κ1) is 12.4. The summed E-state index contributed by atoms with van der Waals surface area (Å²) in [5.41, 5.74) is 1.50. The van der Waals surface area contributed by atoms with Gasteiger partial charge in [-0.15, -0.1) is 0 Å². The molecule has 1 aliphatic carbocycles. The van der Waals surface area contributed by atoms with Crippen LogP contribution in [0.1, 0.15) is 39.5 Å². The number of aliphatic hydroxyl groups excluding tert-OH is 1. The standard InChI is InChI=1S/C14H24N2O2/c1-13(2)5-4-6-14(13)7-8-16-9-10(17)11(12(14)16)15-18-3/h10,12,17H,4-9H2,1-3H3/t10-,12-,14-/m1/s1. The van der Waals surface area contributed by atoms with Gasteiger partial charge in [0.05, 0.1) is 6.04 Å². The second-order valence-electron chi connectivity index (χ2n) is 6.76. The van der Waals surface area contributed by atoms with Crippen LogP contribution in [0.3, 0.4) is 0 Å². The summed E-state index contributed by atoms with van der Waals surface area (Å²) in [5.74, 6) is 0. The van der Waals surface area contributed by atoms with E-state index < -0.39 is 6.10 Å². The molecule has 0 radical (unpaired) electrons. The second-order valence-corrected chi connectivity index (χ2v) is 6.76. The fraction of sp³-hybridized carbons (Fsp3) is 0.929. The van der Waals surface area contributed by atoms with Crippen molar-refractivity contribution in [1.29, 1.82) is 0 Å². The topological polar surface area (TPSA) is 45.1 Å². The average Bonchev–Trinajstić information content (AvgIpc) is 2.89. The van der Waals surface area contributed by atoms with Crippen LogP contribution in [0.15, 0.2) is 5.16 Å². The molecule has 0 aromatic rings. The first-order valence-corrected chi connectivity index (χ1v) is 7.05. The summed E-state index contributed by atoms with van der Waals surface area (Å²) in [4.78, 5) is 7.39. The minimum atomic E-state index is -0.441. The van der Waals surface area contributed by atoms with E-state index in [0.717, 1.165) is 18.8 Å². The van der Waals surface area contributed by atoms with Crippen molar-refractivity contribution < 1.29 is 9.94 Å². The Morgan fingerprint density at radius 2 is 2.11 bits per heavy atom. The SMILES string of the molecule is CON=C1[C@H](O)CN2CC[C@]3(CCCC3(C)C)[C@@H]12. The van der Waals surface area contributed by atoms with E-state index in [-0.39, 0.29) is 0 Å². The third-order valence-electron chi connectivity index (χ3n) is 5.73. The predicted octanol–water partition coefficient (Wildman–Crippen LogP) is 1.63. The number of hydrogen-bond donors (Lipinski definition) is 1. The molecule has 3 atom stereocenters. The van der Waals surface area contributed by atoms with Crippen LogP contribution < -0.4 is 0 Å². The van der Waals surface area contributed by atoms with Crippen molar-refractivity contribution in [1.82, 2.24) is 4.90 Å². The summed E-state index contributed by atoms with van der Waals surface area (Å²) < 4.78 is 0. The van der Waals surface area contributed by atoms with Gasteiger partial charge in [-0.1, -0.05) is 25.4 Å². The summed E-state index contributed by atoms with van der Waals surface area (Å²) in [7, 11) is 1.57. The number of nitrogens with zero attached hydrogens (tertiary/aromatic N) is 2. The molecule has 2 heterocycles. The maximum absolute atomic E-state index is 10.2. The molecule has 3 aliphatic rings. The summed E-state index contributed by atoms with van der Waals surface area (Å²) >= 11 is 0. The Balaban J connectivity index is 2.01. The monoisotopic (exact) mass is 252 g/mol. The minimum Gasteiger partial charge on any atom is -0.399 e. The van der Waals surface area contributed by atoms with Crippen LogP contribution in [0.2, 0.25) is 0 Å². The zero-order valence-corrected chi connectivity index (χ0v) is 11.6. The van der Waals surface area contributed by atoms with Crippen molar-refractivity contribution in [3.63, 3.8) is 0 Å². The van der Waals surface area contributed by atoms with Gasteiger partial charge in [-0.05, 0) is 36.6 Å². The summed E-state index contributed by atoms with van der Waals surface area (Å²) in [6, 6.07) is 0.296. The molecule has 1 spiro atoms. The van der Waals surface area contributed by atoms with Gasteiger partial charge in [0, 0.05) is 6.54 Å². The van der Waals surface area contributed by atoms with Gasteiger partial charge in [-0.2, -0.15) is 0 Å². The maximum Gasteiger partial charge on any atom is 0.110 e. The van der Waals surface area contributed by atoms with Gasteiger partial charge in [0.1, 0.15) is 18.9 Å². The predicted molar refractivity (Wildman–Crippen MR) is 70.5 cm³/mol. The van der Waals surface area contributed by atoms with Crippen molar-refractivity contribution >= 4 is 5.71 Å². The van der Waals surface area contributed by atoms with E-state index in [1.807, 2.05) is 0 Å². The lowest BCUT2D eigenvalue weighted by molar-refractivity contribution is 0.0930. The van der Waals surface area contributed by atoms with Crippen molar-refractivity contribution in [2.45, 2.75) is 51.7 Å². The number of rotatable bonds is 1. The van der Waals surface area contributed by atoms with Crippen LogP contribution in [0.5, 0.6) is 0 Å². The molecule has 0 aromatic heterocycles. The Kier molecular flexibility index (Phi) is 2.72. The Bertz CT molecular complexity index is 380. The molecule has 0 bridgehead atoms. The smallest absolute Gasteiger partial charge is 0.110 e. The molecule has 18 heavy (non-hydrogen) atoms. The Labute approximate surface area is 109 Å². The largest absolute Gasteiger partial charge is 0.399 e. The molecular formula is C14H24N2O2. The molecule has 1 N–H and O–H groups in total. The average molecular weight is 252 g/mol. The summed E-state index contributed by atoms with van der Waals surface area (Å²) in [5, 5.41) is 14.3. The lowest BCUT2D eigenvalue weighted by Gasteiger charge is -2.43. The van der Waals surface area contributed by atoms with E-state index in [2.05, 4.69) is 23.9 Å². The van der Waals surface area contributed by atoms with E-state index in [0.29, 0.717) is 16.9 Å². The number of hydrogen-bond acceptors (Lipinski definition) is 4. The number of oxime groups is 1. The Morgan fingerprint density at radius 3 is 2.72 bits per heavy atom. The highest BCUT2D eigenvalue weighted by Gasteiger charge is 2.62. The molecule has 0 aromatic carbocycles. The normalized spacial score (nSPS) is 45.0. The zero-order chi connectivity index (χ0) is 13.0. The van der Waals surface area contributed by atoms with Gasteiger partial charge in [-0.25, -0.2) is 0 Å². The van der Waals surface area contributed by atoms with Crippen molar-refractivity contribution in [3.8, 4) is 0 Å². The first-order chi connectivity index (χ1) is 8.52. The van der Waals surface area contributed by atoms with E-state index >= 15 is 0 Å². The molecular weight excluding hydrogens is 228 g/mol. The van der Waals surface area contributed by atoms with Crippen LogP contribution in [-0.4, -0.2) is 48.1 Å². The van der Waals surface area contributed by atoms with E-state index in [4.69, 9.17) is 4.84 Å². The van der Waals surface area contributed by atoms with Gasteiger partial charge >= 0.3 is 0 Å². The van der Waals surface area contributed by atoms with E-state index in [1.165, 1.54) is 25.7 Å². The maximum atomic E-state index is 10.2. The number of aliphatic hydroxyl groups is 1. The highest BCUT2D eigenvalue weighted by Crippen LogP contribution is 2.61. The molecule has 2 saturated heterocycles. The molecule has 0 amide bonds. The summed E-state index contributed by atoms with van der Waals surface area (Å²) in [6.45, 7) is 6.59. The molecule has 4 heteroatoms. The lowest BCUT2D eigenvalue weighted by atomic mass is 9.62. The molecule has 102 valence electrons. The van der Waals surface area contributed by atoms with Crippen LogP contribution in [0.4, 0.5) is 0 Å². The third kappa shape index (κ3) is 1.42. The molecule has 3 rings (SSSR count). The fourth-order valence-corrected chi connectivity index (χ4v) is 4.74.